The number of nitro benzene ring substituents is 2. The van der Waals surface area contributed by atoms with Gasteiger partial charge in [0.2, 0.25) is 0 Å². The van der Waals surface area contributed by atoms with Gasteiger partial charge in [-0.15, -0.1) is 0 Å². The Kier molecular flexibility index (Phi) is 4.57. The molecule has 20 heavy (non-hydrogen) atoms. The number of hydrogen-bond acceptors (Lipinski definition) is 6. The number of nitro groups is 2. The summed E-state index contributed by atoms with van der Waals surface area (Å²) in [6.45, 7) is 4.10. The van der Waals surface area contributed by atoms with Crippen molar-refractivity contribution in [1.82, 2.24) is 0 Å². The summed E-state index contributed by atoms with van der Waals surface area (Å²) in [5.41, 5.74) is -1.77. The van der Waals surface area contributed by atoms with Crippen LogP contribution in [0.4, 0.5) is 17.1 Å². The quantitative estimate of drug-likeness (QED) is 0.625. The summed E-state index contributed by atoms with van der Waals surface area (Å²) < 4.78 is 0. The minimum Gasteiger partial charge on any atom is -0.478 e. The zero-order valence-electron chi connectivity index (χ0n) is 10.9. The van der Waals surface area contributed by atoms with Crippen LogP contribution >= 0.6 is 0 Å². The lowest BCUT2D eigenvalue weighted by Gasteiger charge is -2.22. The summed E-state index contributed by atoms with van der Waals surface area (Å²) in [7, 11) is 0. The fraction of sp³-hybridized carbons (Fsp3) is 0.364. The zero-order chi connectivity index (χ0) is 15.4. The Hall–Kier alpha value is -2.71. The summed E-state index contributed by atoms with van der Waals surface area (Å²) in [6.07, 6.45) is 0. The first kappa shape index (κ1) is 15.3. The number of nitrogens with zero attached hydrogens (tertiary/aromatic N) is 3. The van der Waals surface area contributed by atoms with Crippen LogP contribution in [0.5, 0.6) is 0 Å². The minimum atomic E-state index is -1.45. The molecule has 0 aliphatic heterocycles. The van der Waals surface area contributed by atoms with Crippen molar-refractivity contribution in [3.8, 4) is 0 Å². The highest BCUT2D eigenvalue weighted by atomic mass is 16.6. The van der Waals surface area contributed by atoms with E-state index in [0.29, 0.717) is 13.1 Å². The number of rotatable bonds is 6. The summed E-state index contributed by atoms with van der Waals surface area (Å²) in [5, 5.41) is 31.0. The lowest BCUT2D eigenvalue weighted by molar-refractivity contribution is -0.393. The SMILES string of the molecule is CCN(CC)c1c(C(=O)O)cc([N+](=O)[O-])cc1[N+](=O)[O-]. The summed E-state index contributed by atoms with van der Waals surface area (Å²) >= 11 is 0. The van der Waals surface area contributed by atoms with Gasteiger partial charge in [-0.05, 0) is 13.8 Å². The van der Waals surface area contributed by atoms with Crippen LogP contribution in [0, 0.1) is 20.2 Å². The van der Waals surface area contributed by atoms with Gasteiger partial charge in [-0.25, -0.2) is 4.79 Å². The molecule has 0 spiro atoms. The normalized spacial score (nSPS) is 10.1. The van der Waals surface area contributed by atoms with Gasteiger partial charge in [0.1, 0.15) is 5.69 Å². The van der Waals surface area contributed by atoms with Crippen LogP contribution in [-0.2, 0) is 0 Å². The van der Waals surface area contributed by atoms with Crippen LogP contribution in [0.1, 0.15) is 24.2 Å². The molecule has 108 valence electrons. The van der Waals surface area contributed by atoms with Gasteiger partial charge in [-0.2, -0.15) is 0 Å². The molecule has 0 unspecified atom stereocenters. The lowest BCUT2D eigenvalue weighted by Crippen LogP contribution is -2.25. The van der Waals surface area contributed by atoms with E-state index in [4.69, 9.17) is 5.11 Å². The van der Waals surface area contributed by atoms with Crippen molar-refractivity contribution in [3.05, 3.63) is 37.9 Å². The average Bonchev–Trinajstić information content (AvgIpc) is 2.39. The summed E-state index contributed by atoms with van der Waals surface area (Å²) in [4.78, 5) is 32.9. The van der Waals surface area contributed by atoms with Crippen LogP contribution in [0.15, 0.2) is 12.1 Å². The molecule has 0 radical (unpaired) electrons. The molecular weight excluding hydrogens is 270 g/mol. The predicted octanol–water partition coefficient (Wildman–Crippen LogP) is 2.05. The van der Waals surface area contributed by atoms with Gasteiger partial charge in [-0.3, -0.25) is 20.2 Å². The maximum atomic E-state index is 11.2. The van der Waals surface area contributed by atoms with Gasteiger partial charge in [0.25, 0.3) is 11.4 Å². The Labute approximate surface area is 113 Å². The van der Waals surface area contributed by atoms with Crippen molar-refractivity contribution in [3.63, 3.8) is 0 Å². The first-order chi connectivity index (χ1) is 9.33. The Morgan fingerprint density at radius 2 is 1.75 bits per heavy atom. The summed E-state index contributed by atoms with van der Waals surface area (Å²) in [6, 6.07) is 1.61. The molecule has 9 heteroatoms. The van der Waals surface area contributed by atoms with E-state index in [-0.39, 0.29) is 5.69 Å². The number of non-ortho nitro benzene ring substituents is 1. The minimum absolute atomic E-state index is 0.113. The third-order valence-corrected chi connectivity index (χ3v) is 2.79. The maximum Gasteiger partial charge on any atom is 0.338 e. The fourth-order valence-corrected chi connectivity index (χ4v) is 1.88. The molecule has 1 aromatic rings. The monoisotopic (exact) mass is 283 g/mol. The van der Waals surface area contributed by atoms with Crippen LogP contribution in [0.2, 0.25) is 0 Å². The van der Waals surface area contributed by atoms with E-state index in [2.05, 4.69) is 0 Å². The maximum absolute atomic E-state index is 11.2. The third-order valence-electron chi connectivity index (χ3n) is 2.79. The first-order valence-corrected chi connectivity index (χ1v) is 5.78. The van der Waals surface area contributed by atoms with Gasteiger partial charge >= 0.3 is 5.97 Å². The van der Waals surface area contributed by atoms with Crippen molar-refractivity contribution in [2.45, 2.75) is 13.8 Å². The smallest absolute Gasteiger partial charge is 0.338 e. The van der Waals surface area contributed by atoms with Gasteiger partial charge in [0, 0.05) is 19.2 Å². The lowest BCUT2D eigenvalue weighted by atomic mass is 10.1. The molecule has 0 atom stereocenters. The molecule has 1 rings (SSSR count). The number of carbonyl (C=O) groups is 1. The van der Waals surface area contributed by atoms with Crippen LogP contribution in [-0.4, -0.2) is 34.0 Å². The number of carboxylic acids is 1. The highest BCUT2D eigenvalue weighted by Gasteiger charge is 2.29. The highest BCUT2D eigenvalue weighted by molar-refractivity contribution is 5.98. The van der Waals surface area contributed by atoms with Crippen LogP contribution in [0.25, 0.3) is 0 Å². The van der Waals surface area contributed by atoms with E-state index in [1.165, 1.54) is 4.90 Å². The van der Waals surface area contributed by atoms with E-state index >= 15 is 0 Å². The second kappa shape index (κ2) is 5.95. The van der Waals surface area contributed by atoms with Crippen molar-refractivity contribution in [2.24, 2.45) is 0 Å². The molecule has 9 nitrogen and oxygen atoms in total. The van der Waals surface area contributed by atoms with Crippen molar-refractivity contribution in [1.29, 1.82) is 0 Å². The van der Waals surface area contributed by atoms with E-state index < -0.39 is 32.8 Å². The fourth-order valence-electron chi connectivity index (χ4n) is 1.88. The molecule has 1 aromatic carbocycles. The highest BCUT2D eigenvalue weighted by Crippen LogP contribution is 2.36. The second-order valence-corrected chi connectivity index (χ2v) is 3.85. The van der Waals surface area contributed by atoms with Gasteiger partial charge in [0.05, 0.1) is 21.5 Å². The van der Waals surface area contributed by atoms with Gasteiger partial charge in [-0.1, -0.05) is 0 Å². The van der Waals surface area contributed by atoms with Crippen molar-refractivity contribution < 1.29 is 19.7 Å². The number of aromatic carboxylic acids is 1. The Morgan fingerprint density at radius 3 is 2.10 bits per heavy atom. The molecule has 1 N–H and O–H groups in total. The number of anilines is 1. The third kappa shape index (κ3) is 2.82. The molecule has 0 aliphatic rings. The molecule has 0 aliphatic carbocycles. The number of benzene rings is 1. The first-order valence-electron chi connectivity index (χ1n) is 5.78. The molecular formula is C11H13N3O6. The number of hydrogen-bond donors (Lipinski definition) is 1. The molecule has 0 fully saturated rings. The Balaban J connectivity index is 3.72. The van der Waals surface area contributed by atoms with E-state index in [1.54, 1.807) is 13.8 Å². The standard InChI is InChI=1S/C11H13N3O6/c1-3-12(4-2)10-8(11(15)16)5-7(13(17)18)6-9(10)14(19)20/h5-6H,3-4H2,1-2H3,(H,15,16). The van der Waals surface area contributed by atoms with Gasteiger partial charge in [0.15, 0.2) is 0 Å². The van der Waals surface area contributed by atoms with E-state index in [9.17, 15) is 25.0 Å². The molecule has 0 bridgehead atoms. The topological polar surface area (TPSA) is 127 Å². The van der Waals surface area contributed by atoms with Crippen molar-refractivity contribution in [2.75, 3.05) is 18.0 Å². The van der Waals surface area contributed by atoms with Crippen molar-refractivity contribution >= 4 is 23.0 Å². The van der Waals surface area contributed by atoms with Gasteiger partial charge < -0.3 is 10.0 Å². The zero-order valence-corrected chi connectivity index (χ0v) is 10.9. The molecule has 0 saturated carbocycles. The molecule has 0 aromatic heterocycles. The average molecular weight is 283 g/mol. The Morgan fingerprint density at radius 1 is 1.20 bits per heavy atom. The van der Waals surface area contributed by atoms with E-state index in [0.717, 1.165) is 12.1 Å². The van der Waals surface area contributed by atoms with Crippen LogP contribution in [0.3, 0.4) is 0 Å². The second-order valence-electron chi connectivity index (χ2n) is 3.85. The van der Waals surface area contributed by atoms with Crippen LogP contribution < -0.4 is 4.90 Å². The molecule has 0 amide bonds. The number of carboxylic acid groups (broad SMARTS) is 1. The Bertz CT molecular complexity index is 532. The molecule has 0 saturated heterocycles. The largest absolute Gasteiger partial charge is 0.478 e. The molecule has 0 heterocycles. The predicted molar refractivity (Wildman–Crippen MR) is 70.3 cm³/mol. The summed E-state index contributed by atoms with van der Waals surface area (Å²) in [5.74, 6) is -1.45. The van der Waals surface area contributed by atoms with E-state index in [1.807, 2.05) is 0 Å².